The second kappa shape index (κ2) is 6.54. The summed E-state index contributed by atoms with van der Waals surface area (Å²) in [5, 5.41) is 13.0. The summed E-state index contributed by atoms with van der Waals surface area (Å²) in [6, 6.07) is 2.17. The van der Waals surface area contributed by atoms with Crippen molar-refractivity contribution in [2.75, 3.05) is 13.6 Å². The first-order valence-electron chi connectivity index (χ1n) is 7.10. The molecule has 0 atom stereocenters. The fourth-order valence-corrected chi connectivity index (χ4v) is 2.59. The highest BCUT2D eigenvalue weighted by Crippen LogP contribution is 2.28. The van der Waals surface area contributed by atoms with Crippen molar-refractivity contribution in [1.29, 1.82) is 0 Å². The molecule has 0 aliphatic heterocycles. The van der Waals surface area contributed by atoms with Gasteiger partial charge in [0.15, 0.2) is 0 Å². The van der Waals surface area contributed by atoms with E-state index in [-0.39, 0.29) is 12.3 Å². The molecule has 1 saturated carbocycles. The Morgan fingerprint density at radius 1 is 1.45 bits per heavy atom. The van der Waals surface area contributed by atoms with Gasteiger partial charge < -0.3 is 10.0 Å². The number of amides is 1. The summed E-state index contributed by atoms with van der Waals surface area (Å²) < 4.78 is 1.89. The molecule has 0 aromatic carbocycles. The van der Waals surface area contributed by atoms with E-state index in [1.54, 1.807) is 13.1 Å². The molecule has 1 aliphatic rings. The van der Waals surface area contributed by atoms with Crippen LogP contribution in [0.25, 0.3) is 0 Å². The summed E-state index contributed by atoms with van der Waals surface area (Å²) >= 11 is 0. The van der Waals surface area contributed by atoms with Gasteiger partial charge in [-0.2, -0.15) is 5.10 Å². The molecule has 1 amide bonds. The standard InChI is InChI=1S/C14H21N3O3/c1-16(9-4-7-13(18)19)14(20)12-8-10-17(15-12)11-5-2-3-6-11/h8,10-11H,2-7,9H2,1H3,(H,18,19). The molecule has 1 aromatic rings. The Morgan fingerprint density at radius 2 is 2.15 bits per heavy atom. The largest absolute Gasteiger partial charge is 0.481 e. The Bertz CT molecular complexity index is 478. The maximum atomic E-state index is 12.2. The lowest BCUT2D eigenvalue weighted by Crippen LogP contribution is -2.28. The Kier molecular flexibility index (Phi) is 4.76. The van der Waals surface area contributed by atoms with E-state index in [9.17, 15) is 9.59 Å². The van der Waals surface area contributed by atoms with E-state index in [0.717, 1.165) is 12.8 Å². The van der Waals surface area contributed by atoms with Gasteiger partial charge in [-0.1, -0.05) is 12.8 Å². The van der Waals surface area contributed by atoms with E-state index in [2.05, 4.69) is 5.10 Å². The van der Waals surface area contributed by atoms with E-state index >= 15 is 0 Å². The maximum Gasteiger partial charge on any atom is 0.303 e. The molecule has 1 N–H and O–H groups in total. The number of hydrogen-bond acceptors (Lipinski definition) is 3. The average Bonchev–Trinajstić information content (AvgIpc) is 3.07. The number of carboxylic acids is 1. The molecule has 2 rings (SSSR count). The lowest BCUT2D eigenvalue weighted by Gasteiger charge is -2.15. The van der Waals surface area contributed by atoms with Crippen LogP contribution in [0.4, 0.5) is 0 Å². The lowest BCUT2D eigenvalue weighted by atomic mass is 10.3. The van der Waals surface area contributed by atoms with E-state index in [1.165, 1.54) is 17.7 Å². The van der Waals surface area contributed by atoms with Crippen molar-refractivity contribution in [2.24, 2.45) is 0 Å². The summed E-state index contributed by atoms with van der Waals surface area (Å²) in [5.41, 5.74) is 0.440. The first kappa shape index (κ1) is 14.6. The normalized spacial score (nSPS) is 15.4. The van der Waals surface area contributed by atoms with Gasteiger partial charge in [-0.25, -0.2) is 0 Å². The van der Waals surface area contributed by atoms with Crippen molar-refractivity contribution in [2.45, 2.75) is 44.6 Å². The number of aliphatic carboxylic acids is 1. The number of carbonyl (C=O) groups is 2. The van der Waals surface area contributed by atoms with Crippen LogP contribution in [0.3, 0.4) is 0 Å². The van der Waals surface area contributed by atoms with Gasteiger partial charge in [0.05, 0.1) is 6.04 Å². The average molecular weight is 279 g/mol. The quantitative estimate of drug-likeness (QED) is 0.863. The van der Waals surface area contributed by atoms with Gasteiger partial charge in [0.2, 0.25) is 0 Å². The zero-order chi connectivity index (χ0) is 14.5. The van der Waals surface area contributed by atoms with Crippen molar-refractivity contribution in [3.8, 4) is 0 Å². The molecule has 1 aliphatic carbocycles. The summed E-state index contributed by atoms with van der Waals surface area (Å²) in [5.74, 6) is -0.983. The van der Waals surface area contributed by atoms with Crippen LogP contribution in [0, 0.1) is 0 Å². The Balaban J connectivity index is 1.89. The highest BCUT2D eigenvalue weighted by molar-refractivity contribution is 5.92. The van der Waals surface area contributed by atoms with Crippen LogP contribution < -0.4 is 0 Å². The molecular formula is C14H21N3O3. The van der Waals surface area contributed by atoms with Crippen LogP contribution in [-0.4, -0.2) is 45.3 Å². The third kappa shape index (κ3) is 3.59. The molecule has 110 valence electrons. The van der Waals surface area contributed by atoms with Crippen molar-refractivity contribution in [1.82, 2.24) is 14.7 Å². The molecule has 0 saturated heterocycles. The zero-order valence-electron chi connectivity index (χ0n) is 11.8. The predicted octanol–water partition coefficient (Wildman–Crippen LogP) is 1.93. The minimum Gasteiger partial charge on any atom is -0.481 e. The third-order valence-corrected chi connectivity index (χ3v) is 3.76. The van der Waals surface area contributed by atoms with Gasteiger partial charge in [-0.05, 0) is 25.3 Å². The second-order valence-electron chi connectivity index (χ2n) is 5.34. The minimum atomic E-state index is -0.837. The summed E-state index contributed by atoms with van der Waals surface area (Å²) in [7, 11) is 1.68. The maximum absolute atomic E-state index is 12.2. The first-order chi connectivity index (χ1) is 9.58. The molecule has 1 aromatic heterocycles. The van der Waals surface area contributed by atoms with Gasteiger partial charge in [-0.3, -0.25) is 14.3 Å². The van der Waals surface area contributed by atoms with Crippen LogP contribution in [0.15, 0.2) is 12.3 Å². The van der Waals surface area contributed by atoms with Gasteiger partial charge in [0.25, 0.3) is 5.91 Å². The van der Waals surface area contributed by atoms with Crippen LogP contribution in [0.1, 0.15) is 55.1 Å². The molecule has 0 unspecified atom stereocenters. The predicted molar refractivity (Wildman–Crippen MR) is 73.6 cm³/mol. The van der Waals surface area contributed by atoms with Gasteiger partial charge >= 0.3 is 5.97 Å². The Morgan fingerprint density at radius 3 is 2.80 bits per heavy atom. The number of carbonyl (C=O) groups excluding carboxylic acids is 1. The fourth-order valence-electron chi connectivity index (χ4n) is 2.59. The van der Waals surface area contributed by atoms with Gasteiger partial charge in [-0.15, -0.1) is 0 Å². The van der Waals surface area contributed by atoms with Crippen LogP contribution in [0.5, 0.6) is 0 Å². The molecule has 0 spiro atoms. The topological polar surface area (TPSA) is 75.4 Å². The van der Waals surface area contributed by atoms with Crippen LogP contribution in [-0.2, 0) is 4.79 Å². The lowest BCUT2D eigenvalue weighted by molar-refractivity contribution is -0.137. The van der Waals surface area contributed by atoms with Crippen molar-refractivity contribution < 1.29 is 14.7 Å². The number of hydrogen-bond donors (Lipinski definition) is 1. The zero-order valence-corrected chi connectivity index (χ0v) is 11.8. The van der Waals surface area contributed by atoms with Gasteiger partial charge in [0, 0.05) is 26.2 Å². The highest BCUT2D eigenvalue weighted by atomic mass is 16.4. The van der Waals surface area contributed by atoms with Gasteiger partial charge in [0.1, 0.15) is 5.69 Å². The monoisotopic (exact) mass is 279 g/mol. The van der Waals surface area contributed by atoms with E-state index < -0.39 is 5.97 Å². The van der Waals surface area contributed by atoms with Crippen LogP contribution in [0.2, 0.25) is 0 Å². The van der Waals surface area contributed by atoms with Crippen molar-refractivity contribution >= 4 is 11.9 Å². The molecule has 20 heavy (non-hydrogen) atoms. The van der Waals surface area contributed by atoms with Crippen LogP contribution >= 0.6 is 0 Å². The van der Waals surface area contributed by atoms with E-state index in [4.69, 9.17) is 5.11 Å². The Hall–Kier alpha value is -1.85. The van der Waals surface area contributed by atoms with Crippen molar-refractivity contribution in [3.05, 3.63) is 18.0 Å². The number of rotatable bonds is 6. The number of carboxylic acid groups (broad SMARTS) is 1. The summed E-state index contributed by atoms with van der Waals surface area (Å²) in [6.07, 6.45) is 7.11. The second-order valence-corrected chi connectivity index (χ2v) is 5.34. The van der Waals surface area contributed by atoms with Crippen molar-refractivity contribution in [3.63, 3.8) is 0 Å². The molecule has 1 heterocycles. The Labute approximate surface area is 118 Å². The highest BCUT2D eigenvalue weighted by Gasteiger charge is 2.20. The smallest absolute Gasteiger partial charge is 0.303 e. The minimum absolute atomic E-state index is 0.0775. The summed E-state index contributed by atoms with van der Waals surface area (Å²) in [6.45, 7) is 0.432. The number of nitrogens with zero attached hydrogens (tertiary/aromatic N) is 3. The first-order valence-corrected chi connectivity index (χ1v) is 7.10. The van der Waals surface area contributed by atoms with E-state index in [0.29, 0.717) is 24.7 Å². The molecular weight excluding hydrogens is 258 g/mol. The summed E-state index contributed by atoms with van der Waals surface area (Å²) in [4.78, 5) is 24.1. The molecule has 0 bridgehead atoms. The number of aromatic nitrogens is 2. The SMILES string of the molecule is CN(CCCC(=O)O)C(=O)c1ccn(C2CCCC2)n1. The van der Waals surface area contributed by atoms with E-state index in [1.807, 2.05) is 10.9 Å². The molecule has 0 radical (unpaired) electrons. The molecule has 6 nitrogen and oxygen atoms in total. The molecule has 6 heteroatoms. The third-order valence-electron chi connectivity index (χ3n) is 3.76. The molecule has 1 fully saturated rings. The fraction of sp³-hybridized carbons (Fsp3) is 0.643.